The molecule has 0 saturated carbocycles. The van der Waals surface area contributed by atoms with Crippen molar-refractivity contribution in [2.45, 2.75) is 33.3 Å². The van der Waals surface area contributed by atoms with Crippen LogP contribution in [-0.2, 0) is 37.6 Å². The molecule has 1 amide bonds. The van der Waals surface area contributed by atoms with Crippen molar-refractivity contribution in [3.63, 3.8) is 0 Å². The molecule has 5 rings (SSSR count). The SMILES string of the molecule is CCOC(Cn1cc(-c2ccc3c(F)c(N4CC(=O)NS4(=O)=O)c(OCc4ccccc4)cc3c2)cn1)OCC. The molecule has 1 aromatic heterocycles. The topological polar surface area (TPSA) is 112 Å². The second-order valence-corrected chi connectivity index (χ2v) is 10.7. The molecule has 210 valence electrons. The van der Waals surface area contributed by atoms with E-state index in [1.165, 1.54) is 0 Å². The molecule has 4 aromatic rings. The molecule has 1 aliphatic rings. The first-order valence-corrected chi connectivity index (χ1v) is 14.3. The number of anilines is 1. The summed E-state index contributed by atoms with van der Waals surface area (Å²) in [6.45, 7) is 4.73. The van der Waals surface area contributed by atoms with E-state index >= 15 is 4.39 Å². The fraction of sp³-hybridized carbons (Fsp3) is 0.286. The van der Waals surface area contributed by atoms with Crippen molar-refractivity contribution in [2.24, 2.45) is 0 Å². The number of rotatable bonds is 11. The van der Waals surface area contributed by atoms with Gasteiger partial charge in [0.1, 0.15) is 24.6 Å². The largest absolute Gasteiger partial charge is 0.487 e. The Labute approximate surface area is 231 Å². The Balaban J connectivity index is 1.52. The number of halogens is 1. The Bertz CT molecular complexity index is 1620. The zero-order valence-corrected chi connectivity index (χ0v) is 22.9. The number of fused-ring (bicyclic) bond motifs is 1. The van der Waals surface area contributed by atoms with Crippen LogP contribution >= 0.6 is 0 Å². The zero-order chi connectivity index (χ0) is 28.3. The summed E-state index contributed by atoms with van der Waals surface area (Å²) in [4.78, 5) is 11.9. The molecule has 0 spiro atoms. The molecule has 40 heavy (non-hydrogen) atoms. The van der Waals surface area contributed by atoms with Crippen LogP contribution in [0, 0.1) is 5.82 Å². The lowest BCUT2D eigenvalue weighted by atomic mass is 10.0. The Morgan fingerprint density at radius 1 is 1.05 bits per heavy atom. The van der Waals surface area contributed by atoms with Crippen LogP contribution in [-0.4, -0.2) is 50.2 Å². The summed E-state index contributed by atoms with van der Waals surface area (Å²) in [5.74, 6) is -1.56. The second kappa shape index (κ2) is 11.6. The van der Waals surface area contributed by atoms with Gasteiger partial charge in [0.2, 0.25) is 0 Å². The Morgan fingerprint density at radius 2 is 1.80 bits per heavy atom. The Morgan fingerprint density at radius 3 is 2.48 bits per heavy atom. The third-order valence-electron chi connectivity index (χ3n) is 6.33. The van der Waals surface area contributed by atoms with Gasteiger partial charge in [-0.1, -0.05) is 42.5 Å². The van der Waals surface area contributed by atoms with Gasteiger partial charge in [-0.25, -0.2) is 13.4 Å². The van der Waals surface area contributed by atoms with Gasteiger partial charge in [-0.3, -0.25) is 9.48 Å². The number of hydrogen-bond acceptors (Lipinski definition) is 7. The van der Waals surface area contributed by atoms with E-state index in [0.29, 0.717) is 29.4 Å². The average Bonchev–Trinajstić information content (AvgIpc) is 3.50. The van der Waals surface area contributed by atoms with Gasteiger partial charge in [0.05, 0.1) is 12.7 Å². The van der Waals surface area contributed by atoms with E-state index in [9.17, 15) is 13.2 Å². The summed E-state index contributed by atoms with van der Waals surface area (Å²) >= 11 is 0. The van der Waals surface area contributed by atoms with Crippen molar-refractivity contribution in [3.05, 3.63) is 78.4 Å². The average molecular weight is 569 g/mol. The molecule has 0 aliphatic carbocycles. The first-order chi connectivity index (χ1) is 19.3. The maximum absolute atomic E-state index is 16.0. The van der Waals surface area contributed by atoms with Gasteiger partial charge in [0, 0.05) is 30.4 Å². The molecule has 1 saturated heterocycles. The number of carbonyl (C=O) groups excluding carboxylic acids is 1. The van der Waals surface area contributed by atoms with Crippen LogP contribution in [0.2, 0.25) is 0 Å². The van der Waals surface area contributed by atoms with Crippen LogP contribution in [0.25, 0.3) is 21.9 Å². The normalized spacial score (nSPS) is 14.7. The van der Waals surface area contributed by atoms with Crippen molar-refractivity contribution in [3.8, 4) is 16.9 Å². The first kappa shape index (κ1) is 27.6. The van der Waals surface area contributed by atoms with Gasteiger partial charge in [0.25, 0.3) is 5.91 Å². The first-order valence-electron chi connectivity index (χ1n) is 12.8. The van der Waals surface area contributed by atoms with Gasteiger partial charge in [-0.2, -0.15) is 13.5 Å². The maximum Gasteiger partial charge on any atom is 0.326 e. The molecule has 0 radical (unpaired) electrons. The van der Waals surface area contributed by atoms with Crippen molar-refractivity contribution < 1.29 is 31.8 Å². The van der Waals surface area contributed by atoms with E-state index in [4.69, 9.17) is 14.2 Å². The highest BCUT2D eigenvalue weighted by atomic mass is 32.2. The minimum absolute atomic E-state index is 0.00181. The summed E-state index contributed by atoms with van der Waals surface area (Å²) in [5.41, 5.74) is 2.06. The third kappa shape index (κ3) is 5.79. The summed E-state index contributed by atoms with van der Waals surface area (Å²) in [6.07, 6.45) is 3.11. The minimum Gasteiger partial charge on any atom is -0.487 e. The molecule has 2 heterocycles. The van der Waals surface area contributed by atoms with E-state index in [1.807, 2.05) is 55.1 Å². The maximum atomic E-state index is 16.0. The molecule has 1 fully saturated rings. The van der Waals surface area contributed by atoms with E-state index < -0.39 is 34.8 Å². The minimum atomic E-state index is -4.27. The highest BCUT2D eigenvalue weighted by Crippen LogP contribution is 2.40. The van der Waals surface area contributed by atoms with Crippen LogP contribution in [0.3, 0.4) is 0 Å². The number of hydrogen-bond donors (Lipinski definition) is 1. The third-order valence-corrected chi connectivity index (χ3v) is 7.71. The molecular formula is C28H29FN4O6S. The fourth-order valence-electron chi connectivity index (χ4n) is 4.52. The summed E-state index contributed by atoms with van der Waals surface area (Å²) < 4.78 is 62.8. The smallest absolute Gasteiger partial charge is 0.326 e. The lowest BCUT2D eigenvalue weighted by Gasteiger charge is -2.21. The lowest BCUT2D eigenvalue weighted by Crippen LogP contribution is -2.30. The van der Waals surface area contributed by atoms with Crippen LogP contribution in [0.15, 0.2) is 67.0 Å². The van der Waals surface area contributed by atoms with Gasteiger partial charge in [0.15, 0.2) is 12.1 Å². The summed E-state index contributed by atoms with van der Waals surface area (Å²) in [5, 5.41) is 5.08. The standard InChI is InChI=1S/C28H29FN4O6S/c1-3-37-26(38-4-2)17-32-15-22(14-30-32)20-10-11-23-21(12-20)13-24(39-18-19-8-6-5-7-9-19)28(27(23)29)33-16-25(34)31-40(33,35)36/h5-15,26H,3-4,16-18H2,1-2H3,(H,31,34). The zero-order valence-electron chi connectivity index (χ0n) is 22.0. The fourth-order valence-corrected chi connectivity index (χ4v) is 5.68. The predicted octanol–water partition coefficient (Wildman–Crippen LogP) is 4.00. The number of benzene rings is 3. The van der Waals surface area contributed by atoms with Crippen molar-refractivity contribution >= 4 is 32.6 Å². The van der Waals surface area contributed by atoms with Crippen LogP contribution in [0.4, 0.5) is 10.1 Å². The van der Waals surface area contributed by atoms with E-state index in [2.05, 4.69) is 5.10 Å². The monoisotopic (exact) mass is 568 g/mol. The molecule has 12 heteroatoms. The van der Waals surface area contributed by atoms with E-state index in [0.717, 1.165) is 16.7 Å². The van der Waals surface area contributed by atoms with Gasteiger partial charge in [-0.15, -0.1) is 0 Å². The molecule has 1 aliphatic heterocycles. The van der Waals surface area contributed by atoms with Gasteiger partial charge >= 0.3 is 10.2 Å². The quantitative estimate of drug-likeness (QED) is 0.272. The summed E-state index contributed by atoms with van der Waals surface area (Å²) in [6, 6.07) is 15.9. The van der Waals surface area contributed by atoms with Gasteiger partial charge < -0.3 is 14.2 Å². The highest BCUT2D eigenvalue weighted by Gasteiger charge is 2.38. The van der Waals surface area contributed by atoms with Crippen molar-refractivity contribution in [1.29, 1.82) is 0 Å². The number of amides is 1. The van der Waals surface area contributed by atoms with E-state index in [-0.39, 0.29) is 23.4 Å². The van der Waals surface area contributed by atoms with E-state index in [1.54, 1.807) is 35.1 Å². The van der Waals surface area contributed by atoms with Crippen molar-refractivity contribution in [1.82, 2.24) is 14.5 Å². The van der Waals surface area contributed by atoms with Crippen LogP contribution in [0.1, 0.15) is 19.4 Å². The molecule has 0 atom stereocenters. The molecule has 1 N–H and O–H groups in total. The predicted molar refractivity (Wildman–Crippen MR) is 147 cm³/mol. The van der Waals surface area contributed by atoms with Crippen LogP contribution in [0.5, 0.6) is 5.75 Å². The molecule has 0 bridgehead atoms. The second-order valence-electron chi connectivity index (χ2n) is 9.08. The number of ether oxygens (including phenoxy) is 3. The van der Waals surface area contributed by atoms with Crippen LogP contribution < -0.4 is 13.8 Å². The number of carbonyl (C=O) groups is 1. The molecule has 3 aromatic carbocycles. The highest BCUT2D eigenvalue weighted by molar-refractivity contribution is 7.92. The number of nitrogens with one attached hydrogen (secondary N) is 1. The number of nitrogens with zero attached hydrogens (tertiary/aromatic N) is 3. The van der Waals surface area contributed by atoms with Crippen molar-refractivity contribution in [2.75, 3.05) is 24.1 Å². The molecule has 10 nitrogen and oxygen atoms in total. The van der Waals surface area contributed by atoms with Gasteiger partial charge in [-0.05, 0) is 42.5 Å². The summed E-state index contributed by atoms with van der Waals surface area (Å²) in [7, 11) is -4.27. The molecular weight excluding hydrogens is 539 g/mol. The number of aromatic nitrogens is 2. The Hall–Kier alpha value is -4.00. The lowest BCUT2D eigenvalue weighted by molar-refractivity contribution is -0.144. The Kier molecular flexibility index (Phi) is 8.01. The molecule has 0 unspecified atom stereocenters.